The largest absolute Gasteiger partial charge is 0.373 e. The van der Waals surface area contributed by atoms with Crippen LogP contribution in [-0.2, 0) is 14.8 Å². The molecule has 28 heavy (non-hydrogen) atoms. The lowest BCUT2D eigenvalue weighted by molar-refractivity contribution is -0.0440. The van der Waals surface area contributed by atoms with E-state index in [9.17, 15) is 13.2 Å². The van der Waals surface area contributed by atoms with E-state index in [4.69, 9.17) is 4.74 Å². The van der Waals surface area contributed by atoms with E-state index in [0.717, 1.165) is 16.8 Å². The van der Waals surface area contributed by atoms with Gasteiger partial charge in [-0.1, -0.05) is 6.07 Å². The molecule has 0 aliphatic carbocycles. The molecule has 7 heteroatoms. The van der Waals surface area contributed by atoms with Gasteiger partial charge in [0, 0.05) is 24.3 Å². The van der Waals surface area contributed by atoms with Crippen LogP contribution in [0.2, 0.25) is 0 Å². The number of anilines is 1. The van der Waals surface area contributed by atoms with E-state index < -0.39 is 10.0 Å². The van der Waals surface area contributed by atoms with Gasteiger partial charge >= 0.3 is 0 Å². The van der Waals surface area contributed by atoms with Crippen LogP contribution in [-0.4, -0.2) is 43.9 Å². The van der Waals surface area contributed by atoms with Gasteiger partial charge in [0.25, 0.3) is 5.91 Å². The molecule has 0 saturated carbocycles. The SMILES string of the molecule is Cc1cc(C)cc(NC(=O)c2ccc(S(=O)(=O)N3C[C@H](C)O[C@@H](C)C3)cc2)c1. The summed E-state index contributed by atoms with van der Waals surface area (Å²) in [5.74, 6) is -0.275. The van der Waals surface area contributed by atoms with Crippen molar-refractivity contribution in [3.8, 4) is 0 Å². The van der Waals surface area contributed by atoms with Crippen LogP contribution in [0, 0.1) is 13.8 Å². The molecule has 1 amide bonds. The minimum Gasteiger partial charge on any atom is -0.373 e. The lowest BCUT2D eigenvalue weighted by Crippen LogP contribution is -2.48. The molecule has 0 bridgehead atoms. The predicted molar refractivity (Wildman–Crippen MR) is 109 cm³/mol. The fourth-order valence-corrected chi connectivity index (χ4v) is 5.09. The molecule has 6 nitrogen and oxygen atoms in total. The number of nitrogens with one attached hydrogen (secondary N) is 1. The van der Waals surface area contributed by atoms with Crippen LogP contribution in [0.1, 0.15) is 35.3 Å². The summed E-state index contributed by atoms with van der Waals surface area (Å²) in [6, 6.07) is 11.9. The standard InChI is InChI=1S/C21H26N2O4S/c1-14-9-15(2)11-19(10-14)22-21(24)18-5-7-20(8-6-18)28(25,26)23-12-16(3)27-17(4)13-23/h5-11,16-17H,12-13H2,1-4H3,(H,22,24)/t16-,17-/m0/s1. The number of aryl methyl sites for hydroxylation is 2. The van der Waals surface area contributed by atoms with Gasteiger partial charge in [0.05, 0.1) is 17.1 Å². The van der Waals surface area contributed by atoms with Gasteiger partial charge in [-0.15, -0.1) is 0 Å². The molecule has 1 heterocycles. The van der Waals surface area contributed by atoms with Crippen LogP contribution in [0.4, 0.5) is 5.69 Å². The van der Waals surface area contributed by atoms with Crippen molar-refractivity contribution in [2.45, 2.75) is 44.8 Å². The number of carbonyl (C=O) groups is 1. The molecule has 1 aliphatic heterocycles. The smallest absolute Gasteiger partial charge is 0.255 e. The molecule has 3 rings (SSSR count). The van der Waals surface area contributed by atoms with Gasteiger partial charge in [-0.05, 0) is 75.2 Å². The molecule has 0 unspecified atom stereocenters. The Labute approximate surface area is 166 Å². The normalized spacial score (nSPS) is 20.7. The van der Waals surface area contributed by atoms with Crippen LogP contribution in [0.3, 0.4) is 0 Å². The van der Waals surface area contributed by atoms with Gasteiger partial charge in [-0.2, -0.15) is 4.31 Å². The molecule has 1 fully saturated rings. The average Bonchev–Trinajstić information content (AvgIpc) is 2.60. The maximum absolute atomic E-state index is 12.9. The van der Waals surface area contributed by atoms with Crippen molar-refractivity contribution >= 4 is 21.6 Å². The van der Waals surface area contributed by atoms with Crippen molar-refractivity contribution in [3.05, 3.63) is 59.2 Å². The zero-order chi connectivity index (χ0) is 20.5. The molecule has 2 atom stereocenters. The van der Waals surface area contributed by atoms with Crippen molar-refractivity contribution in [1.82, 2.24) is 4.31 Å². The second-order valence-electron chi connectivity index (χ2n) is 7.43. The number of hydrogen-bond acceptors (Lipinski definition) is 4. The summed E-state index contributed by atoms with van der Waals surface area (Å²) in [7, 11) is -3.62. The fourth-order valence-electron chi connectivity index (χ4n) is 3.50. The van der Waals surface area contributed by atoms with E-state index in [1.165, 1.54) is 28.6 Å². The van der Waals surface area contributed by atoms with Crippen LogP contribution in [0.5, 0.6) is 0 Å². The lowest BCUT2D eigenvalue weighted by Gasteiger charge is -2.34. The molecule has 150 valence electrons. The monoisotopic (exact) mass is 402 g/mol. The van der Waals surface area contributed by atoms with Gasteiger partial charge in [0.15, 0.2) is 0 Å². The molecule has 1 N–H and O–H groups in total. The third kappa shape index (κ3) is 4.60. The van der Waals surface area contributed by atoms with Gasteiger partial charge in [-0.3, -0.25) is 4.79 Å². The molecule has 0 aromatic heterocycles. The maximum Gasteiger partial charge on any atom is 0.255 e. The topological polar surface area (TPSA) is 75.7 Å². The zero-order valence-electron chi connectivity index (χ0n) is 16.6. The Morgan fingerprint density at radius 2 is 1.54 bits per heavy atom. The summed E-state index contributed by atoms with van der Waals surface area (Å²) in [6.07, 6.45) is -0.303. The van der Waals surface area contributed by atoms with Crippen LogP contribution in [0.15, 0.2) is 47.4 Å². The Morgan fingerprint density at radius 3 is 2.07 bits per heavy atom. The second-order valence-corrected chi connectivity index (χ2v) is 9.37. The number of nitrogens with zero attached hydrogens (tertiary/aromatic N) is 1. The first-order valence-electron chi connectivity index (χ1n) is 9.30. The number of morpholine rings is 1. The second kappa shape index (κ2) is 8.03. The van der Waals surface area contributed by atoms with Gasteiger partial charge < -0.3 is 10.1 Å². The Kier molecular flexibility index (Phi) is 5.88. The molecular formula is C21H26N2O4S. The lowest BCUT2D eigenvalue weighted by atomic mass is 10.1. The molecule has 2 aromatic carbocycles. The minimum absolute atomic E-state index is 0.152. The van der Waals surface area contributed by atoms with E-state index in [-0.39, 0.29) is 23.0 Å². The minimum atomic E-state index is -3.62. The first kappa shape index (κ1) is 20.5. The number of benzene rings is 2. The summed E-state index contributed by atoms with van der Waals surface area (Å²) < 4.78 is 32.8. The fraction of sp³-hybridized carbons (Fsp3) is 0.381. The number of amides is 1. The highest BCUT2D eigenvalue weighted by Gasteiger charge is 2.32. The van der Waals surface area contributed by atoms with Crippen molar-refractivity contribution in [2.75, 3.05) is 18.4 Å². The molecule has 2 aromatic rings. The van der Waals surface area contributed by atoms with Crippen LogP contribution < -0.4 is 5.32 Å². The van der Waals surface area contributed by atoms with Crippen molar-refractivity contribution < 1.29 is 17.9 Å². The van der Waals surface area contributed by atoms with Crippen LogP contribution in [0.25, 0.3) is 0 Å². The zero-order valence-corrected chi connectivity index (χ0v) is 17.4. The van der Waals surface area contributed by atoms with Gasteiger partial charge in [0.2, 0.25) is 10.0 Å². The number of sulfonamides is 1. The third-order valence-corrected chi connectivity index (χ3v) is 6.47. The molecular weight excluding hydrogens is 376 g/mol. The number of ether oxygens (including phenoxy) is 1. The number of rotatable bonds is 4. The first-order chi connectivity index (χ1) is 13.1. The molecule has 0 radical (unpaired) electrons. The summed E-state index contributed by atoms with van der Waals surface area (Å²) in [5.41, 5.74) is 3.24. The maximum atomic E-state index is 12.9. The van der Waals surface area contributed by atoms with E-state index in [2.05, 4.69) is 5.32 Å². The Hall–Kier alpha value is -2.22. The molecule has 1 aliphatic rings. The summed E-state index contributed by atoms with van der Waals surface area (Å²) in [4.78, 5) is 12.7. The summed E-state index contributed by atoms with van der Waals surface area (Å²) >= 11 is 0. The van der Waals surface area contributed by atoms with E-state index in [1.54, 1.807) is 0 Å². The highest BCUT2D eigenvalue weighted by molar-refractivity contribution is 7.89. The quantitative estimate of drug-likeness (QED) is 0.851. The van der Waals surface area contributed by atoms with Crippen molar-refractivity contribution in [3.63, 3.8) is 0 Å². The summed E-state index contributed by atoms with van der Waals surface area (Å²) in [5, 5.41) is 2.86. The Morgan fingerprint density at radius 1 is 1.00 bits per heavy atom. The molecule has 1 saturated heterocycles. The van der Waals surface area contributed by atoms with Crippen molar-refractivity contribution in [1.29, 1.82) is 0 Å². The highest BCUT2D eigenvalue weighted by Crippen LogP contribution is 2.22. The Bertz CT molecular complexity index is 940. The summed E-state index contributed by atoms with van der Waals surface area (Å²) in [6.45, 7) is 8.30. The Balaban J connectivity index is 1.76. The van der Waals surface area contributed by atoms with Gasteiger partial charge in [-0.25, -0.2) is 8.42 Å². The predicted octanol–water partition coefficient (Wildman–Crippen LogP) is 3.35. The highest BCUT2D eigenvalue weighted by atomic mass is 32.2. The molecule has 0 spiro atoms. The van der Waals surface area contributed by atoms with Gasteiger partial charge in [0.1, 0.15) is 0 Å². The third-order valence-electron chi connectivity index (χ3n) is 4.62. The van der Waals surface area contributed by atoms with E-state index in [0.29, 0.717) is 18.7 Å². The average molecular weight is 403 g/mol. The van der Waals surface area contributed by atoms with E-state index in [1.807, 2.05) is 45.9 Å². The van der Waals surface area contributed by atoms with Crippen molar-refractivity contribution in [2.24, 2.45) is 0 Å². The first-order valence-corrected chi connectivity index (χ1v) is 10.7. The number of hydrogen-bond donors (Lipinski definition) is 1. The van der Waals surface area contributed by atoms with Crippen LogP contribution >= 0.6 is 0 Å². The van der Waals surface area contributed by atoms with E-state index >= 15 is 0 Å². The number of carbonyl (C=O) groups excluding carboxylic acids is 1.